The van der Waals surface area contributed by atoms with Gasteiger partial charge in [0.2, 0.25) is 0 Å². The third kappa shape index (κ3) is 1.11. The Kier molecular flexibility index (Phi) is 1.62. The molecular weight excluding hydrogens is 164 g/mol. The van der Waals surface area contributed by atoms with Crippen LogP contribution in [-0.4, -0.2) is 10.2 Å². The van der Waals surface area contributed by atoms with Gasteiger partial charge in [-0.25, -0.2) is 0 Å². The minimum atomic E-state index is -0.0712. The highest BCUT2D eigenvalue weighted by molar-refractivity contribution is 5.92. The van der Waals surface area contributed by atoms with E-state index in [-0.39, 0.29) is 11.5 Å². The van der Waals surface area contributed by atoms with E-state index >= 15 is 0 Å². The van der Waals surface area contributed by atoms with Gasteiger partial charge in [-0.3, -0.25) is 0 Å². The number of hydrogen-bond donors (Lipinski definition) is 2. The molecule has 0 aromatic heterocycles. The van der Waals surface area contributed by atoms with Crippen LogP contribution in [0.5, 0.6) is 11.5 Å². The van der Waals surface area contributed by atoms with Crippen LogP contribution in [0.25, 0.3) is 10.8 Å². The van der Waals surface area contributed by atoms with Crippen LogP contribution in [0.2, 0.25) is 0 Å². The van der Waals surface area contributed by atoms with Crippen molar-refractivity contribution in [2.75, 3.05) is 0 Å². The van der Waals surface area contributed by atoms with Gasteiger partial charge in [0.05, 0.1) is 0 Å². The molecular formula is C11H10O2. The molecule has 2 N–H and O–H groups in total. The summed E-state index contributed by atoms with van der Waals surface area (Å²) in [6.07, 6.45) is 0. The van der Waals surface area contributed by atoms with Gasteiger partial charge in [0.25, 0.3) is 0 Å². The monoisotopic (exact) mass is 174 g/mol. The smallest absolute Gasteiger partial charge is 0.165 e. The number of fused-ring (bicyclic) bond motifs is 1. The maximum Gasteiger partial charge on any atom is 0.165 e. The second-order valence-corrected chi connectivity index (χ2v) is 3.10. The van der Waals surface area contributed by atoms with E-state index < -0.39 is 0 Å². The zero-order chi connectivity index (χ0) is 9.42. The van der Waals surface area contributed by atoms with Crippen LogP contribution < -0.4 is 0 Å². The van der Waals surface area contributed by atoms with Crippen LogP contribution in [0, 0.1) is 6.92 Å². The van der Waals surface area contributed by atoms with E-state index in [9.17, 15) is 10.2 Å². The summed E-state index contributed by atoms with van der Waals surface area (Å²) < 4.78 is 0. The molecule has 0 unspecified atom stereocenters. The van der Waals surface area contributed by atoms with Crippen LogP contribution >= 0.6 is 0 Å². The zero-order valence-electron chi connectivity index (χ0n) is 7.28. The maximum atomic E-state index is 9.53. The molecule has 0 saturated heterocycles. The van der Waals surface area contributed by atoms with Gasteiger partial charge in [0, 0.05) is 5.39 Å². The largest absolute Gasteiger partial charge is 0.504 e. The number of rotatable bonds is 0. The summed E-state index contributed by atoms with van der Waals surface area (Å²) in [7, 11) is 0. The Morgan fingerprint density at radius 3 is 2.46 bits per heavy atom. The number of hydrogen-bond acceptors (Lipinski definition) is 2. The lowest BCUT2D eigenvalue weighted by atomic mass is 10.0. The number of phenolic OH excluding ortho intramolecular Hbond substituents is 2. The molecule has 2 heteroatoms. The number of aromatic hydroxyl groups is 2. The summed E-state index contributed by atoms with van der Waals surface area (Å²) in [5.74, 6) is -0.112. The maximum absolute atomic E-state index is 9.53. The fraction of sp³-hybridized carbons (Fsp3) is 0.0909. The Labute approximate surface area is 76.1 Å². The summed E-state index contributed by atoms with van der Waals surface area (Å²) in [6.45, 7) is 1.97. The summed E-state index contributed by atoms with van der Waals surface area (Å²) in [4.78, 5) is 0. The van der Waals surface area contributed by atoms with Gasteiger partial charge < -0.3 is 10.2 Å². The third-order valence-corrected chi connectivity index (χ3v) is 2.23. The van der Waals surface area contributed by atoms with Crippen LogP contribution in [-0.2, 0) is 0 Å². The number of aryl methyl sites for hydroxylation is 1. The topological polar surface area (TPSA) is 40.5 Å². The molecule has 0 radical (unpaired) electrons. The van der Waals surface area contributed by atoms with Crippen molar-refractivity contribution in [2.24, 2.45) is 0 Å². The van der Waals surface area contributed by atoms with Crippen LogP contribution in [0.1, 0.15) is 5.56 Å². The molecule has 0 amide bonds. The van der Waals surface area contributed by atoms with Gasteiger partial charge >= 0.3 is 0 Å². The first kappa shape index (κ1) is 7.92. The van der Waals surface area contributed by atoms with Crippen molar-refractivity contribution < 1.29 is 10.2 Å². The van der Waals surface area contributed by atoms with E-state index in [1.165, 1.54) is 6.07 Å². The molecule has 0 bridgehead atoms. The second-order valence-electron chi connectivity index (χ2n) is 3.10. The molecule has 66 valence electrons. The number of phenols is 2. The Morgan fingerprint density at radius 2 is 1.69 bits per heavy atom. The summed E-state index contributed by atoms with van der Waals surface area (Å²) in [6, 6.07) is 8.93. The lowest BCUT2D eigenvalue weighted by Crippen LogP contribution is -1.78. The third-order valence-electron chi connectivity index (χ3n) is 2.23. The van der Waals surface area contributed by atoms with Gasteiger partial charge in [-0.1, -0.05) is 24.3 Å². The summed E-state index contributed by atoms with van der Waals surface area (Å²) in [5.41, 5.74) is 1.09. The first-order chi connectivity index (χ1) is 6.20. The molecule has 0 aliphatic carbocycles. The summed E-state index contributed by atoms with van der Waals surface area (Å²) in [5, 5.41) is 20.5. The highest BCUT2D eigenvalue weighted by Gasteiger charge is 2.05. The first-order valence-corrected chi connectivity index (χ1v) is 4.10. The fourth-order valence-corrected chi connectivity index (χ4v) is 1.49. The molecule has 0 heterocycles. The molecule has 2 rings (SSSR count). The lowest BCUT2D eigenvalue weighted by molar-refractivity contribution is 0.408. The van der Waals surface area contributed by atoms with Gasteiger partial charge in [-0.2, -0.15) is 0 Å². The van der Waals surface area contributed by atoms with Crippen molar-refractivity contribution in [2.45, 2.75) is 6.92 Å². The quantitative estimate of drug-likeness (QED) is 0.602. The lowest BCUT2D eigenvalue weighted by Gasteiger charge is -2.04. The molecule has 2 nitrogen and oxygen atoms in total. The molecule has 2 aromatic carbocycles. The Bertz CT molecular complexity index is 461. The van der Waals surface area contributed by atoms with Gasteiger partial charge in [0.1, 0.15) is 0 Å². The van der Waals surface area contributed by atoms with Gasteiger partial charge in [-0.05, 0) is 23.9 Å². The minimum absolute atomic E-state index is 0.0406. The molecule has 2 aromatic rings. The fourth-order valence-electron chi connectivity index (χ4n) is 1.49. The van der Waals surface area contributed by atoms with Crippen molar-refractivity contribution in [1.82, 2.24) is 0 Å². The summed E-state index contributed by atoms with van der Waals surface area (Å²) >= 11 is 0. The number of benzene rings is 2. The molecule has 13 heavy (non-hydrogen) atoms. The average Bonchev–Trinajstić information content (AvgIpc) is 2.12. The Hall–Kier alpha value is -1.70. The van der Waals surface area contributed by atoms with Crippen LogP contribution in [0.3, 0.4) is 0 Å². The normalized spacial score (nSPS) is 10.5. The van der Waals surface area contributed by atoms with Crippen LogP contribution in [0.15, 0.2) is 30.3 Å². The molecule has 0 spiro atoms. The van der Waals surface area contributed by atoms with Crippen molar-refractivity contribution >= 4 is 10.8 Å². The van der Waals surface area contributed by atoms with Crippen molar-refractivity contribution in [3.63, 3.8) is 0 Å². The Morgan fingerprint density at radius 1 is 0.923 bits per heavy atom. The van der Waals surface area contributed by atoms with Crippen LogP contribution in [0.4, 0.5) is 0 Å². The average molecular weight is 174 g/mol. The van der Waals surface area contributed by atoms with E-state index in [4.69, 9.17) is 0 Å². The predicted octanol–water partition coefficient (Wildman–Crippen LogP) is 2.56. The highest BCUT2D eigenvalue weighted by atomic mass is 16.3. The van der Waals surface area contributed by atoms with Crippen molar-refractivity contribution in [3.8, 4) is 11.5 Å². The molecule has 0 aliphatic heterocycles. The SMILES string of the molecule is Cc1cccc2c(O)c(O)ccc12. The van der Waals surface area contributed by atoms with E-state index in [0.717, 1.165) is 10.9 Å². The minimum Gasteiger partial charge on any atom is -0.504 e. The Balaban J connectivity index is 2.94. The molecule has 0 fully saturated rings. The highest BCUT2D eigenvalue weighted by Crippen LogP contribution is 2.34. The second kappa shape index (κ2) is 2.66. The first-order valence-electron chi connectivity index (χ1n) is 4.10. The molecule has 0 aliphatic rings. The standard InChI is InChI=1S/C11H10O2/c1-7-3-2-4-9-8(7)5-6-10(12)11(9)13/h2-6,12-13H,1H3. The van der Waals surface area contributed by atoms with E-state index in [1.54, 1.807) is 12.1 Å². The van der Waals surface area contributed by atoms with Crippen molar-refractivity contribution in [1.29, 1.82) is 0 Å². The predicted molar refractivity (Wildman–Crippen MR) is 52.0 cm³/mol. The zero-order valence-corrected chi connectivity index (χ0v) is 7.28. The van der Waals surface area contributed by atoms with E-state index in [1.807, 2.05) is 19.1 Å². The van der Waals surface area contributed by atoms with Gasteiger partial charge in [0.15, 0.2) is 11.5 Å². The molecule has 0 atom stereocenters. The van der Waals surface area contributed by atoms with E-state index in [0.29, 0.717) is 5.39 Å². The molecule has 0 saturated carbocycles. The van der Waals surface area contributed by atoms with Crippen molar-refractivity contribution in [3.05, 3.63) is 35.9 Å². The van der Waals surface area contributed by atoms with E-state index in [2.05, 4.69) is 0 Å². The van der Waals surface area contributed by atoms with Gasteiger partial charge in [-0.15, -0.1) is 0 Å².